The second-order valence-corrected chi connectivity index (χ2v) is 3.90. The third-order valence-corrected chi connectivity index (χ3v) is 2.68. The average molecular weight is 212 g/mol. The van der Waals surface area contributed by atoms with E-state index >= 15 is 0 Å². The van der Waals surface area contributed by atoms with Crippen LogP contribution < -0.4 is 0 Å². The van der Waals surface area contributed by atoms with Crippen LogP contribution in [0.2, 0.25) is 0 Å². The molecule has 0 saturated heterocycles. The normalized spacial score (nSPS) is 24.9. The van der Waals surface area contributed by atoms with Crippen molar-refractivity contribution in [2.45, 2.75) is 27.2 Å². The minimum Gasteiger partial charge on any atom is -0.482 e. The Morgan fingerprint density at radius 1 is 1.67 bits per heavy atom. The summed E-state index contributed by atoms with van der Waals surface area (Å²) >= 11 is 0. The Kier molecular flexibility index (Phi) is 4.35. The van der Waals surface area contributed by atoms with Crippen LogP contribution in [0.3, 0.4) is 0 Å². The predicted molar refractivity (Wildman–Crippen MR) is 56.7 cm³/mol. The molecule has 5 heteroatoms. The molecule has 0 aromatic heterocycles. The highest BCUT2D eigenvalue weighted by Gasteiger charge is 2.28. The largest absolute Gasteiger partial charge is 0.712 e. The fourth-order valence-electron chi connectivity index (χ4n) is 1.58. The summed E-state index contributed by atoms with van der Waals surface area (Å²) in [5, 5.41) is 9.12. The van der Waals surface area contributed by atoms with Gasteiger partial charge in [-0.2, -0.15) is 0 Å². The van der Waals surface area contributed by atoms with Gasteiger partial charge in [-0.1, -0.05) is 19.9 Å². The van der Waals surface area contributed by atoms with Gasteiger partial charge in [0.2, 0.25) is 0 Å². The van der Waals surface area contributed by atoms with Gasteiger partial charge >= 0.3 is 13.3 Å². The van der Waals surface area contributed by atoms with E-state index in [0.29, 0.717) is 30.4 Å². The Morgan fingerprint density at radius 3 is 2.80 bits per heavy atom. The molecule has 0 aromatic carbocycles. The lowest BCUT2D eigenvalue weighted by Gasteiger charge is -2.08. The summed E-state index contributed by atoms with van der Waals surface area (Å²) in [7, 11) is -1.45. The Balaban J connectivity index is 2.45. The van der Waals surface area contributed by atoms with Crippen LogP contribution in [-0.4, -0.2) is 24.9 Å². The minimum atomic E-state index is -1.45. The van der Waals surface area contributed by atoms with E-state index in [9.17, 15) is 4.79 Å². The van der Waals surface area contributed by atoms with Gasteiger partial charge in [0.25, 0.3) is 0 Å². The van der Waals surface area contributed by atoms with Crippen LogP contribution >= 0.6 is 0 Å². The Hall–Kier alpha value is -0.805. The highest BCUT2D eigenvalue weighted by Crippen LogP contribution is 2.30. The van der Waals surface area contributed by atoms with Gasteiger partial charge in [-0.15, -0.1) is 0 Å². The van der Waals surface area contributed by atoms with Crippen molar-refractivity contribution in [2.24, 2.45) is 11.8 Å². The van der Waals surface area contributed by atoms with Crippen LogP contribution in [0.15, 0.2) is 11.6 Å². The lowest BCUT2D eigenvalue weighted by Crippen LogP contribution is -2.26. The Morgan fingerprint density at radius 2 is 2.33 bits per heavy atom. The molecule has 0 aliphatic heterocycles. The smallest absolute Gasteiger partial charge is 0.482 e. The summed E-state index contributed by atoms with van der Waals surface area (Å²) in [5.41, 5.74) is 0.633. The molecule has 15 heavy (non-hydrogen) atoms. The van der Waals surface area contributed by atoms with E-state index in [-0.39, 0.29) is 0 Å². The zero-order chi connectivity index (χ0) is 11.4. The van der Waals surface area contributed by atoms with Crippen LogP contribution in [0.25, 0.3) is 0 Å². The zero-order valence-electron chi connectivity index (χ0n) is 9.40. The zero-order valence-corrected chi connectivity index (χ0v) is 9.40. The summed E-state index contributed by atoms with van der Waals surface area (Å²) in [6.07, 6.45) is 2.60. The predicted octanol–water partition coefficient (Wildman–Crippen LogP) is 1.15. The van der Waals surface area contributed by atoms with Crippen molar-refractivity contribution in [3.8, 4) is 0 Å². The van der Waals surface area contributed by atoms with Gasteiger partial charge in [0, 0.05) is 12.2 Å². The van der Waals surface area contributed by atoms with Crippen molar-refractivity contribution in [1.29, 1.82) is 0 Å². The standard InChI is InChI=1S/C10H17BO4/c1-4-14-11(13)15-10(12)9-5-7(2)8(3)6-9/h5,7-8,13H,4,6H2,1-3H3. The van der Waals surface area contributed by atoms with Crippen molar-refractivity contribution >= 4 is 13.3 Å². The fraction of sp³-hybridized carbons (Fsp3) is 0.700. The maximum absolute atomic E-state index is 11.5. The highest BCUT2D eigenvalue weighted by atomic mass is 16.7. The average Bonchev–Trinajstić information content (AvgIpc) is 2.47. The van der Waals surface area contributed by atoms with Crippen molar-refractivity contribution in [1.82, 2.24) is 0 Å². The molecule has 0 radical (unpaired) electrons. The Bertz CT molecular complexity index is 264. The first-order valence-electron chi connectivity index (χ1n) is 5.26. The fourth-order valence-corrected chi connectivity index (χ4v) is 1.58. The highest BCUT2D eigenvalue weighted by molar-refractivity contribution is 6.38. The molecule has 0 fully saturated rings. The van der Waals surface area contributed by atoms with Crippen LogP contribution in [0.5, 0.6) is 0 Å². The number of allylic oxidation sites excluding steroid dienone is 1. The molecule has 0 heterocycles. The van der Waals surface area contributed by atoms with Crippen molar-refractivity contribution < 1.29 is 19.1 Å². The lowest BCUT2D eigenvalue weighted by atomic mass is 10.00. The van der Waals surface area contributed by atoms with Gasteiger partial charge in [0.1, 0.15) is 0 Å². The third-order valence-electron chi connectivity index (χ3n) is 2.68. The van der Waals surface area contributed by atoms with Crippen LogP contribution in [0.4, 0.5) is 0 Å². The van der Waals surface area contributed by atoms with E-state index in [1.807, 2.05) is 6.08 Å². The second-order valence-electron chi connectivity index (χ2n) is 3.90. The molecule has 4 nitrogen and oxygen atoms in total. The van der Waals surface area contributed by atoms with Gasteiger partial charge in [-0.3, -0.25) is 0 Å². The molecule has 2 atom stereocenters. The number of carbonyl (C=O) groups is 1. The van der Waals surface area contributed by atoms with E-state index in [4.69, 9.17) is 14.3 Å². The number of rotatable bonds is 4. The van der Waals surface area contributed by atoms with E-state index in [0.717, 1.165) is 0 Å². The van der Waals surface area contributed by atoms with Gasteiger partial charge < -0.3 is 14.3 Å². The molecule has 2 unspecified atom stereocenters. The monoisotopic (exact) mass is 212 g/mol. The van der Waals surface area contributed by atoms with Crippen LogP contribution in [-0.2, 0) is 14.1 Å². The van der Waals surface area contributed by atoms with E-state index < -0.39 is 13.3 Å². The molecule has 0 spiro atoms. The second kappa shape index (κ2) is 5.33. The first-order chi connectivity index (χ1) is 7.04. The van der Waals surface area contributed by atoms with Crippen molar-refractivity contribution in [2.75, 3.05) is 6.61 Å². The summed E-state index contributed by atoms with van der Waals surface area (Å²) in [4.78, 5) is 11.5. The number of carbonyl (C=O) groups excluding carboxylic acids is 1. The summed E-state index contributed by atoms with van der Waals surface area (Å²) < 4.78 is 9.41. The van der Waals surface area contributed by atoms with E-state index in [1.165, 1.54) is 0 Å². The third kappa shape index (κ3) is 3.36. The quantitative estimate of drug-likeness (QED) is 0.710. The molecule has 0 aromatic rings. The lowest BCUT2D eigenvalue weighted by molar-refractivity contribution is -0.133. The molecule has 1 aliphatic carbocycles. The molecule has 0 bridgehead atoms. The maximum atomic E-state index is 11.5. The number of hydrogen-bond acceptors (Lipinski definition) is 4. The summed E-state index contributed by atoms with van der Waals surface area (Å²) in [5.74, 6) is 0.362. The maximum Gasteiger partial charge on any atom is 0.712 e. The summed E-state index contributed by atoms with van der Waals surface area (Å²) in [6.45, 7) is 6.17. The first-order valence-corrected chi connectivity index (χ1v) is 5.26. The van der Waals surface area contributed by atoms with Crippen LogP contribution in [0, 0.1) is 11.8 Å². The molecule has 0 saturated carbocycles. The van der Waals surface area contributed by atoms with Crippen molar-refractivity contribution in [3.63, 3.8) is 0 Å². The first kappa shape index (κ1) is 12.3. The van der Waals surface area contributed by atoms with Gasteiger partial charge in [0.05, 0.1) is 0 Å². The van der Waals surface area contributed by atoms with Gasteiger partial charge in [-0.25, -0.2) is 4.79 Å². The van der Waals surface area contributed by atoms with E-state index in [1.54, 1.807) is 6.92 Å². The molecule has 84 valence electrons. The number of hydrogen-bond donors (Lipinski definition) is 1. The SMILES string of the molecule is CCOB(O)OC(=O)C1=CC(C)C(C)C1. The van der Waals surface area contributed by atoms with Gasteiger partial charge in [0.15, 0.2) is 0 Å². The molecular weight excluding hydrogens is 195 g/mol. The van der Waals surface area contributed by atoms with E-state index in [2.05, 4.69) is 13.8 Å². The molecule has 1 N–H and O–H groups in total. The molecule has 1 aliphatic rings. The van der Waals surface area contributed by atoms with Gasteiger partial charge in [-0.05, 0) is 25.2 Å². The van der Waals surface area contributed by atoms with Crippen molar-refractivity contribution in [3.05, 3.63) is 11.6 Å². The Labute approximate surface area is 90.4 Å². The molecule has 0 amide bonds. The molecular formula is C10H17BO4. The molecule has 1 rings (SSSR count). The summed E-state index contributed by atoms with van der Waals surface area (Å²) in [6, 6.07) is 0. The van der Waals surface area contributed by atoms with Crippen LogP contribution in [0.1, 0.15) is 27.2 Å². The topological polar surface area (TPSA) is 55.8 Å². The minimum absolute atomic E-state index is 0.306.